The van der Waals surface area contributed by atoms with Crippen molar-refractivity contribution in [1.82, 2.24) is 14.7 Å². The number of morpholine rings is 1. The summed E-state index contributed by atoms with van der Waals surface area (Å²) in [5, 5.41) is 10.6. The van der Waals surface area contributed by atoms with Crippen LogP contribution in [0.2, 0.25) is 0 Å². The number of fused-ring (bicyclic) bond motifs is 1. The van der Waals surface area contributed by atoms with Crippen molar-refractivity contribution in [3.05, 3.63) is 61.2 Å². The summed E-state index contributed by atoms with van der Waals surface area (Å²) >= 11 is 0. The maximum absolute atomic E-state index is 14.5. The molecule has 0 saturated carbocycles. The van der Waals surface area contributed by atoms with E-state index in [9.17, 15) is 19.5 Å². The van der Waals surface area contributed by atoms with E-state index < -0.39 is 41.6 Å². The van der Waals surface area contributed by atoms with Gasteiger partial charge in [-0.25, -0.2) is 0 Å². The molecule has 4 aliphatic heterocycles. The lowest BCUT2D eigenvalue weighted by molar-refractivity contribution is -0.156. The molecule has 2 bridgehead atoms. The average Bonchev–Trinajstić information content (AvgIpc) is 3.63. The Kier molecular flexibility index (Phi) is 8.70. The van der Waals surface area contributed by atoms with Crippen molar-refractivity contribution in [2.75, 3.05) is 59.2 Å². The zero-order valence-electron chi connectivity index (χ0n) is 22.9. The topological polar surface area (TPSA) is 109 Å². The van der Waals surface area contributed by atoms with Gasteiger partial charge in [0.1, 0.15) is 18.2 Å². The van der Waals surface area contributed by atoms with Gasteiger partial charge in [0.05, 0.1) is 43.8 Å². The van der Waals surface area contributed by atoms with Gasteiger partial charge >= 0.3 is 5.97 Å². The second-order valence-electron chi connectivity index (χ2n) is 10.9. The van der Waals surface area contributed by atoms with Crippen LogP contribution in [0.3, 0.4) is 0 Å². The molecule has 2 unspecified atom stereocenters. The standard InChI is InChI=1S/C30H39N3O7/c1-3-12-32(14-13-31-15-18-38-19-16-31)28(36)26-30-11-10-23(40-30)24(29(37)39-17-4-2)25(30)27(35)33(26)22(20-34)21-8-6-5-7-9-21/h3-9,22-26,34H,1-2,10-20H2/t22-,23+,24-,25+,26?,30?/m1/s1. The minimum atomic E-state index is -1.18. The molecule has 6 atom stereocenters. The SMILES string of the molecule is C=CCOC(=O)[C@@H]1[C@@H]2CCC3(O2)C(C(=O)N(CC=C)CCN2CCOCC2)N([C@H](CO)c2ccccc2)C(=O)[C@H]13. The third kappa shape index (κ3) is 4.98. The van der Waals surface area contributed by atoms with Crippen molar-refractivity contribution in [2.24, 2.45) is 11.8 Å². The van der Waals surface area contributed by atoms with Gasteiger partial charge in [-0.2, -0.15) is 0 Å². The molecule has 216 valence electrons. The van der Waals surface area contributed by atoms with E-state index in [0.29, 0.717) is 51.3 Å². The Morgan fingerprint density at radius 1 is 1.20 bits per heavy atom. The van der Waals surface area contributed by atoms with Crippen molar-refractivity contribution in [2.45, 2.75) is 36.6 Å². The molecule has 4 aliphatic rings. The number of likely N-dealkylation sites (tertiary alicyclic amines) is 1. The van der Waals surface area contributed by atoms with Crippen LogP contribution >= 0.6 is 0 Å². The van der Waals surface area contributed by atoms with Crippen molar-refractivity contribution in [3.63, 3.8) is 0 Å². The van der Waals surface area contributed by atoms with E-state index in [1.54, 1.807) is 11.0 Å². The molecule has 10 heteroatoms. The maximum atomic E-state index is 14.5. The Bertz CT molecular complexity index is 1110. The van der Waals surface area contributed by atoms with Crippen molar-refractivity contribution >= 4 is 17.8 Å². The van der Waals surface area contributed by atoms with Gasteiger partial charge in [-0.1, -0.05) is 49.1 Å². The van der Waals surface area contributed by atoms with Gasteiger partial charge in [-0.3, -0.25) is 19.3 Å². The number of hydrogen-bond acceptors (Lipinski definition) is 8. The van der Waals surface area contributed by atoms with Crippen LogP contribution in [0.5, 0.6) is 0 Å². The largest absolute Gasteiger partial charge is 0.461 e. The quantitative estimate of drug-likeness (QED) is 0.304. The third-order valence-electron chi connectivity index (χ3n) is 8.73. The number of aliphatic hydroxyl groups is 1. The Morgan fingerprint density at radius 3 is 2.62 bits per heavy atom. The molecule has 5 rings (SSSR count). The highest BCUT2D eigenvalue weighted by atomic mass is 16.6. The highest BCUT2D eigenvalue weighted by Gasteiger charge is 2.75. The van der Waals surface area contributed by atoms with Gasteiger partial charge in [0.2, 0.25) is 11.8 Å². The molecular formula is C30H39N3O7. The first-order valence-electron chi connectivity index (χ1n) is 14.1. The molecule has 1 N–H and O–H groups in total. The first kappa shape index (κ1) is 28.5. The smallest absolute Gasteiger partial charge is 0.312 e. The van der Waals surface area contributed by atoms with Crippen LogP contribution in [0.1, 0.15) is 24.4 Å². The first-order valence-corrected chi connectivity index (χ1v) is 14.1. The number of ether oxygens (including phenoxy) is 3. The van der Waals surface area contributed by atoms with E-state index in [1.165, 1.54) is 11.0 Å². The van der Waals surface area contributed by atoms with Crippen LogP contribution in [0.25, 0.3) is 0 Å². The van der Waals surface area contributed by atoms with E-state index in [2.05, 4.69) is 18.1 Å². The van der Waals surface area contributed by atoms with Crippen LogP contribution in [0, 0.1) is 11.8 Å². The lowest BCUT2D eigenvalue weighted by Crippen LogP contribution is -2.58. The summed E-state index contributed by atoms with van der Waals surface area (Å²) in [7, 11) is 0. The molecule has 0 aromatic heterocycles. The molecule has 40 heavy (non-hydrogen) atoms. The maximum Gasteiger partial charge on any atom is 0.312 e. The minimum absolute atomic E-state index is 0.0277. The van der Waals surface area contributed by atoms with E-state index >= 15 is 0 Å². The fraction of sp³-hybridized carbons (Fsp3) is 0.567. The van der Waals surface area contributed by atoms with Crippen molar-refractivity contribution < 1.29 is 33.7 Å². The fourth-order valence-electron chi connectivity index (χ4n) is 6.95. The van der Waals surface area contributed by atoms with Crippen LogP contribution in [0.15, 0.2) is 55.6 Å². The predicted octanol–water partition coefficient (Wildman–Crippen LogP) is 1.17. The molecule has 4 saturated heterocycles. The Hall–Kier alpha value is -3.05. The van der Waals surface area contributed by atoms with Crippen molar-refractivity contribution in [3.8, 4) is 0 Å². The van der Waals surface area contributed by atoms with Crippen molar-refractivity contribution in [1.29, 1.82) is 0 Å². The normalized spacial score (nSPS) is 30.1. The number of hydrogen-bond donors (Lipinski definition) is 1. The molecule has 1 aromatic carbocycles. The van der Waals surface area contributed by atoms with Gasteiger partial charge < -0.3 is 29.1 Å². The third-order valence-corrected chi connectivity index (χ3v) is 8.73. The molecule has 0 aliphatic carbocycles. The first-order chi connectivity index (χ1) is 19.5. The van der Waals surface area contributed by atoms with Crippen LogP contribution in [-0.2, 0) is 28.6 Å². The average molecular weight is 554 g/mol. The van der Waals surface area contributed by atoms with Gasteiger partial charge in [0, 0.05) is 32.7 Å². The minimum Gasteiger partial charge on any atom is -0.461 e. The van der Waals surface area contributed by atoms with E-state index in [-0.39, 0.29) is 25.0 Å². The zero-order chi connectivity index (χ0) is 28.3. The highest BCUT2D eigenvalue weighted by molar-refractivity contribution is 5.98. The molecule has 4 fully saturated rings. The molecule has 0 radical (unpaired) electrons. The fourth-order valence-corrected chi connectivity index (χ4v) is 6.95. The summed E-state index contributed by atoms with van der Waals surface area (Å²) < 4.78 is 17.4. The summed E-state index contributed by atoms with van der Waals surface area (Å²) in [5.41, 5.74) is -0.478. The number of carbonyl (C=O) groups is 3. The van der Waals surface area contributed by atoms with Crippen LogP contribution in [0.4, 0.5) is 0 Å². The Morgan fingerprint density at radius 2 is 1.95 bits per heavy atom. The van der Waals surface area contributed by atoms with Crippen LogP contribution in [-0.4, -0.2) is 114 Å². The number of benzene rings is 1. The van der Waals surface area contributed by atoms with Gasteiger partial charge in [-0.15, -0.1) is 6.58 Å². The molecule has 2 amide bonds. The van der Waals surface area contributed by atoms with Gasteiger partial charge in [0.15, 0.2) is 0 Å². The molecule has 1 aromatic rings. The monoisotopic (exact) mass is 553 g/mol. The second-order valence-corrected chi connectivity index (χ2v) is 10.9. The molecule has 10 nitrogen and oxygen atoms in total. The highest BCUT2D eigenvalue weighted by Crippen LogP contribution is 2.60. The summed E-state index contributed by atoms with van der Waals surface area (Å²) in [5.74, 6) is -2.85. The number of esters is 1. The number of rotatable bonds is 12. The lowest BCUT2D eigenvalue weighted by Gasteiger charge is -2.40. The Balaban J connectivity index is 1.51. The Labute approximate surface area is 235 Å². The molecular weight excluding hydrogens is 514 g/mol. The number of aliphatic hydroxyl groups excluding tert-OH is 1. The second kappa shape index (κ2) is 12.2. The molecule has 4 heterocycles. The predicted molar refractivity (Wildman–Crippen MR) is 146 cm³/mol. The zero-order valence-corrected chi connectivity index (χ0v) is 22.9. The summed E-state index contributed by atoms with van der Waals surface area (Å²) in [6.45, 7) is 11.4. The summed E-state index contributed by atoms with van der Waals surface area (Å²) in [4.78, 5) is 47.5. The van der Waals surface area contributed by atoms with Crippen LogP contribution < -0.4 is 0 Å². The number of amides is 2. The molecule has 1 spiro atoms. The number of nitrogens with zero attached hydrogens (tertiary/aromatic N) is 3. The summed E-state index contributed by atoms with van der Waals surface area (Å²) in [6, 6.07) is 7.39. The van der Waals surface area contributed by atoms with E-state index in [0.717, 1.165) is 13.1 Å². The summed E-state index contributed by atoms with van der Waals surface area (Å²) in [6.07, 6.45) is 3.66. The van der Waals surface area contributed by atoms with Gasteiger partial charge in [0.25, 0.3) is 0 Å². The van der Waals surface area contributed by atoms with E-state index in [1.807, 2.05) is 30.3 Å². The van der Waals surface area contributed by atoms with Gasteiger partial charge in [-0.05, 0) is 18.4 Å². The van der Waals surface area contributed by atoms with E-state index in [4.69, 9.17) is 14.2 Å². The lowest BCUT2D eigenvalue weighted by atomic mass is 9.70. The number of carbonyl (C=O) groups excluding carboxylic acids is 3.